The Morgan fingerprint density at radius 3 is 1.83 bits per heavy atom. The van der Waals surface area contributed by atoms with E-state index in [1.165, 1.54) is 0 Å². The van der Waals surface area contributed by atoms with Crippen LogP contribution in [0.5, 0.6) is 0 Å². The number of rotatable bonds is 4. The van der Waals surface area contributed by atoms with Gasteiger partial charge in [0.15, 0.2) is 6.10 Å². The van der Waals surface area contributed by atoms with Gasteiger partial charge in [-0.15, -0.1) is 0 Å². The fourth-order valence-electron chi connectivity index (χ4n) is 1.58. The van der Waals surface area contributed by atoms with Gasteiger partial charge in [-0.05, 0) is 24.7 Å². The Hall–Kier alpha value is -0.740. The van der Waals surface area contributed by atoms with Crippen LogP contribution in [0.4, 0.5) is 13.2 Å². The summed E-state index contributed by atoms with van der Waals surface area (Å²) in [4.78, 5) is 11.8. The van der Waals surface area contributed by atoms with Crippen LogP contribution in [0.15, 0.2) is 0 Å². The van der Waals surface area contributed by atoms with Crippen LogP contribution in [-0.4, -0.2) is 18.2 Å². The molecule has 2 nitrogen and oxygen atoms in total. The third kappa shape index (κ3) is 6.26. The summed E-state index contributed by atoms with van der Waals surface area (Å²) in [5, 5.41) is 0. The second kappa shape index (κ2) is 5.93. The lowest BCUT2D eigenvalue weighted by Gasteiger charge is -2.28. The molecule has 0 amide bonds. The van der Waals surface area contributed by atoms with Gasteiger partial charge < -0.3 is 4.74 Å². The summed E-state index contributed by atoms with van der Waals surface area (Å²) in [6.07, 6.45) is -6.04. The quantitative estimate of drug-likeness (QED) is 0.715. The first kappa shape index (κ1) is 17.3. The molecule has 0 bridgehead atoms. The Morgan fingerprint density at radius 1 is 1.11 bits per heavy atom. The van der Waals surface area contributed by atoms with Crippen LogP contribution in [-0.2, 0) is 9.53 Å². The minimum absolute atomic E-state index is 0.0443. The average molecular weight is 268 g/mol. The molecular weight excluding hydrogens is 245 g/mol. The number of esters is 1. The summed E-state index contributed by atoms with van der Waals surface area (Å²) in [6, 6.07) is 0. The number of hydrogen-bond donors (Lipinski definition) is 0. The highest BCUT2D eigenvalue weighted by molar-refractivity contribution is 5.73. The van der Waals surface area contributed by atoms with E-state index in [0.717, 1.165) is 6.92 Å². The van der Waals surface area contributed by atoms with E-state index in [1.54, 1.807) is 0 Å². The van der Waals surface area contributed by atoms with Gasteiger partial charge in [-0.25, -0.2) is 0 Å². The van der Waals surface area contributed by atoms with Gasteiger partial charge in [0.1, 0.15) is 0 Å². The van der Waals surface area contributed by atoms with Crippen molar-refractivity contribution in [3.05, 3.63) is 0 Å². The van der Waals surface area contributed by atoms with Crippen molar-refractivity contribution in [2.24, 2.45) is 17.3 Å². The van der Waals surface area contributed by atoms with Crippen molar-refractivity contribution in [2.45, 2.75) is 60.2 Å². The molecule has 0 saturated heterocycles. The zero-order chi connectivity index (χ0) is 14.7. The first-order valence-electron chi connectivity index (χ1n) is 6.12. The molecule has 0 heterocycles. The fourth-order valence-corrected chi connectivity index (χ4v) is 1.58. The smallest absolute Gasteiger partial charge is 0.425 e. The van der Waals surface area contributed by atoms with E-state index in [9.17, 15) is 18.0 Å². The van der Waals surface area contributed by atoms with Crippen molar-refractivity contribution < 1.29 is 22.7 Å². The van der Waals surface area contributed by atoms with E-state index < -0.39 is 24.2 Å². The van der Waals surface area contributed by atoms with Gasteiger partial charge in [0.05, 0.1) is 5.92 Å². The van der Waals surface area contributed by atoms with Crippen LogP contribution in [0, 0.1) is 17.3 Å². The molecule has 0 rings (SSSR count). The molecule has 108 valence electrons. The van der Waals surface area contributed by atoms with Gasteiger partial charge in [-0.3, -0.25) is 4.79 Å². The number of alkyl halides is 3. The molecule has 0 aliphatic rings. The van der Waals surface area contributed by atoms with Gasteiger partial charge >= 0.3 is 12.1 Å². The molecule has 2 atom stereocenters. The number of ether oxygens (including phenoxy) is 1. The molecule has 0 spiro atoms. The Kier molecular flexibility index (Phi) is 5.69. The van der Waals surface area contributed by atoms with Crippen molar-refractivity contribution in [1.29, 1.82) is 0 Å². The van der Waals surface area contributed by atoms with Gasteiger partial charge in [0.2, 0.25) is 0 Å². The predicted molar refractivity (Wildman–Crippen MR) is 64.0 cm³/mol. The van der Waals surface area contributed by atoms with Gasteiger partial charge in [-0.2, -0.15) is 13.2 Å². The lowest BCUT2D eigenvalue weighted by atomic mass is 9.80. The first-order valence-corrected chi connectivity index (χ1v) is 6.12. The highest BCUT2D eigenvalue weighted by Gasteiger charge is 2.41. The maximum atomic E-state index is 12.3. The van der Waals surface area contributed by atoms with Gasteiger partial charge in [-0.1, -0.05) is 34.6 Å². The third-order valence-electron chi connectivity index (χ3n) is 2.69. The van der Waals surface area contributed by atoms with Crippen LogP contribution in [0.1, 0.15) is 48.0 Å². The maximum absolute atomic E-state index is 12.3. The monoisotopic (exact) mass is 268 g/mol. The Morgan fingerprint density at radius 2 is 1.56 bits per heavy atom. The van der Waals surface area contributed by atoms with E-state index >= 15 is 0 Å². The minimum Gasteiger partial charge on any atom is -0.453 e. The molecular formula is C13H23F3O2. The zero-order valence-corrected chi connectivity index (χ0v) is 11.9. The Balaban J connectivity index is 4.70. The number of carbonyl (C=O) groups excluding carboxylic acids is 1. The summed E-state index contributed by atoms with van der Waals surface area (Å²) in [5.74, 6) is -1.31. The standard InChI is InChI=1S/C13H23F3O2/c1-8(2)10(7-12(4,5)6)11(17)18-9(3)13(14,15)16/h8-10H,7H2,1-6H3. The fraction of sp³-hybridized carbons (Fsp3) is 0.923. The van der Waals surface area contributed by atoms with E-state index in [1.807, 2.05) is 34.6 Å². The van der Waals surface area contributed by atoms with Crippen molar-refractivity contribution in [2.75, 3.05) is 0 Å². The van der Waals surface area contributed by atoms with Crippen molar-refractivity contribution >= 4 is 5.97 Å². The lowest BCUT2D eigenvalue weighted by Crippen LogP contribution is -2.35. The average Bonchev–Trinajstić information content (AvgIpc) is 2.10. The molecule has 5 heteroatoms. The SMILES string of the molecule is CC(C)C(CC(C)(C)C)C(=O)OC(C)C(F)(F)F. The molecule has 0 N–H and O–H groups in total. The lowest BCUT2D eigenvalue weighted by molar-refractivity contribution is -0.219. The van der Waals surface area contributed by atoms with Crippen molar-refractivity contribution in [3.8, 4) is 0 Å². The van der Waals surface area contributed by atoms with Crippen LogP contribution < -0.4 is 0 Å². The number of hydrogen-bond acceptors (Lipinski definition) is 2. The van der Waals surface area contributed by atoms with Crippen LogP contribution in [0.25, 0.3) is 0 Å². The van der Waals surface area contributed by atoms with Crippen molar-refractivity contribution in [1.82, 2.24) is 0 Å². The molecule has 0 aliphatic heterocycles. The molecule has 0 aliphatic carbocycles. The molecule has 0 aromatic heterocycles. The molecule has 2 unspecified atom stereocenters. The largest absolute Gasteiger partial charge is 0.453 e. The molecule has 0 radical (unpaired) electrons. The highest BCUT2D eigenvalue weighted by atomic mass is 19.4. The van der Waals surface area contributed by atoms with E-state index in [4.69, 9.17) is 0 Å². The normalized spacial score (nSPS) is 16.6. The van der Waals surface area contributed by atoms with Crippen LogP contribution >= 0.6 is 0 Å². The highest BCUT2D eigenvalue weighted by Crippen LogP contribution is 2.31. The first-order chi connectivity index (χ1) is 7.84. The topological polar surface area (TPSA) is 26.3 Å². The molecule has 0 fully saturated rings. The van der Waals surface area contributed by atoms with E-state index in [2.05, 4.69) is 4.74 Å². The second-order valence-corrected chi connectivity index (χ2v) is 6.24. The second-order valence-electron chi connectivity index (χ2n) is 6.24. The van der Waals surface area contributed by atoms with Gasteiger partial charge in [0.25, 0.3) is 0 Å². The summed E-state index contributed by atoms with van der Waals surface area (Å²) in [5.41, 5.74) is -0.130. The summed E-state index contributed by atoms with van der Waals surface area (Å²) >= 11 is 0. The summed E-state index contributed by atoms with van der Waals surface area (Å²) in [7, 11) is 0. The Bertz CT molecular complexity index is 277. The molecule has 0 saturated carbocycles. The van der Waals surface area contributed by atoms with E-state index in [-0.39, 0.29) is 11.3 Å². The zero-order valence-electron chi connectivity index (χ0n) is 11.9. The third-order valence-corrected chi connectivity index (χ3v) is 2.69. The maximum Gasteiger partial charge on any atom is 0.425 e. The van der Waals surface area contributed by atoms with Crippen molar-refractivity contribution in [3.63, 3.8) is 0 Å². The number of halogens is 3. The van der Waals surface area contributed by atoms with Crippen LogP contribution in [0.2, 0.25) is 0 Å². The summed E-state index contributed by atoms with van der Waals surface area (Å²) < 4.78 is 41.5. The van der Waals surface area contributed by atoms with E-state index in [0.29, 0.717) is 6.42 Å². The minimum atomic E-state index is -4.50. The van der Waals surface area contributed by atoms with Crippen LogP contribution in [0.3, 0.4) is 0 Å². The Labute approximate surface area is 107 Å². The molecule has 0 aromatic carbocycles. The summed E-state index contributed by atoms with van der Waals surface area (Å²) in [6.45, 7) is 10.3. The van der Waals surface area contributed by atoms with Gasteiger partial charge in [0, 0.05) is 0 Å². The number of carbonyl (C=O) groups is 1. The predicted octanol–water partition coefficient (Wildman–Crippen LogP) is 4.19. The molecule has 0 aromatic rings. The molecule has 18 heavy (non-hydrogen) atoms.